The highest BCUT2D eigenvalue weighted by molar-refractivity contribution is 5.44. The Hall–Kier alpha value is -1.06. The molecule has 1 aliphatic rings. The normalized spacial score (nSPS) is 16.6. The third-order valence-corrected chi connectivity index (χ3v) is 4.41. The van der Waals surface area contributed by atoms with Crippen LogP contribution in [0, 0.1) is 19.8 Å². The molecule has 0 spiro atoms. The van der Waals surface area contributed by atoms with Crippen molar-refractivity contribution in [2.45, 2.75) is 47.0 Å². The highest BCUT2D eigenvalue weighted by atomic mass is 16.5. The van der Waals surface area contributed by atoms with E-state index in [1.807, 2.05) is 0 Å². The number of nitrogens with one attached hydrogen (secondary N) is 1. The molecule has 1 saturated heterocycles. The zero-order valence-electron chi connectivity index (χ0n) is 15.5. The molecule has 3 heteroatoms. The fourth-order valence-electron chi connectivity index (χ4n) is 3.30. The van der Waals surface area contributed by atoms with Crippen molar-refractivity contribution in [1.29, 1.82) is 0 Å². The summed E-state index contributed by atoms with van der Waals surface area (Å²) in [5.74, 6) is 1.69. The van der Waals surface area contributed by atoms with Crippen LogP contribution in [0.2, 0.25) is 0 Å². The lowest BCUT2D eigenvalue weighted by atomic mass is 10.0. The van der Waals surface area contributed by atoms with Crippen molar-refractivity contribution in [2.75, 3.05) is 39.3 Å². The molecule has 0 saturated carbocycles. The van der Waals surface area contributed by atoms with E-state index in [9.17, 15) is 0 Å². The van der Waals surface area contributed by atoms with E-state index in [0.717, 1.165) is 25.3 Å². The van der Waals surface area contributed by atoms with Gasteiger partial charge in [-0.3, -0.25) is 0 Å². The van der Waals surface area contributed by atoms with Gasteiger partial charge in [-0.15, -0.1) is 0 Å². The number of benzene rings is 1. The monoisotopic (exact) mass is 318 g/mol. The van der Waals surface area contributed by atoms with Crippen LogP contribution in [0.25, 0.3) is 0 Å². The molecule has 1 heterocycles. The Balaban J connectivity index is 1.94. The van der Waals surface area contributed by atoms with Crippen molar-refractivity contribution in [3.05, 3.63) is 28.8 Å². The molecule has 3 nitrogen and oxygen atoms in total. The Kier molecular flexibility index (Phi) is 7.38. The van der Waals surface area contributed by atoms with E-state index in [-0.39, 0.29) is 0 Å². The predicted octanol–water partition coefficient (Wildman–Crippen LogP) is 3.57. The molecule has 1 fully saturated rings. The Bertz CT molecular complexity index is 477. The first-order valence-electron chi connectivity index (χ1n) is 9.22. The number of rotatable bonds is 7. The molecule has 0 radical (unpaired) electrons. The summed E-state index contributed by atoms with van der Waals surface area (Å²) in [6.07, 6.45) is 3.59. The lowest BCUT2D eigenvalue weighted by Crippen LogP contribution is -2.29. The first-order valence-corrected chi connectivity index (χ1v) is 9.22. The van der Waals surface area contributed by atoms with Gasteiger partial charge in [0.2, 0.25) is 0 Å². The second-order valence-electron chi connectivity index (χ2n) is 7.32. The summed E-state index contributed by atoms with van der Waals surface area (Å²) in [4.78, 5) is 2.59. The molecule has 0 unspecified atom stereocenters. The number of ether oxygens (including phenoxy) is 1. The zero-order valence-corrected chi connectivity index (χ0v) is 15.5. The highest BCUT2D eigenvalue weighted by Crippen LogP contribution is 2.27. The molecule has 0 bridgehead atoms. The zero-order chi connectivity index (χ0) is 16.7. The second kappa shape index (κ2) is 9.29. The van der Waals surface area contributed by atoms with Gasteiger partial charge in [-0.2, -0.15) is 0 Å². The van der Waals surface area contributed by atoms with E-state index in [4.69, 9.17) is 4.74 Å². The van der Waals surface area contributed by atoms with Crippen LogP contribution < -0.4 is 10.1 Å². The molecule has 1 aliphatic heterocycles. The van der Waals surface area contributed by atoms with E-state index in [1.165, 1.54) is 55.7 Å². The first kappa shape index (κ1) is 18.3. The van der Waals surface area contributed by atoms with Crippen LogP contribution >= 0.6 is 0 Å². The van der Waals surface area contributed by atoms with Crippen LogP contribution in [0.3, 0.4) is 0 Å². The first-order chi connectivity index (χ1) is 11.1. The van der Waals surface area contributed by atoms with Gasteiger partial charge < -0.3 is 15.0 Å². The molecule has 0 aromatic heterocycles. The fraction of sp³-hybridized carbons (Fsp3) is 0.700. The predicted molar refractivity (Wildman–Crippen MR) is 98.5 cm³/mol. The molecule has 130 valence electrons. The van der Waals surface area contributed by atoms with Gasteiger partial charge in [-0.25, -0.2) is 0 Å². The third-order valence-electron chi connectivity index (χ3n) is 4.41. The minimum atomic E-state index is 0.563. The largest absolute Gasteiger partial charge is 0.493 e. The second-order valence-corrected chi connectivity index (χ2v) is 7.32. The van der Waals surface area contributed by atoms with Gasteiger partial charge in [0.05, 0.1) is 6.61 Å². The molecular weight excluding hydrogens is 284 g/mol. The maximum absolute atomic E-state index is 6.12. The van der Waals surface area contributed by atoms with Crippen LogP contribution in [0.5, 0.6) is 5.75 Å². The molecule has 1 aromatic rings. The van der Waals surface area contributed by atoms with Crippen molar-refractivity contribution < 1.29 is 4.74 Å². The van der Waals surface area contributed by atoms with Crippen molar-refractivity contribution in [3.63, 3.8) is 0 Å². The molecule has 23 heavy (non-hydrogen) atoms. The minimum Gasteiger partial charge on any atom is -0.493 e. The van der Waals surface area contributed by atoms with E-state index in [1.54, 1.807) is 0 Å². The van der Waals surface area contributed by atoms with Gasteiger partial charge in [-0.05, 0) is 69.8 Å². The van der Waals surface area contributed by atoms with Gasteiger partial charge in [0.25, 0.3) is 0 Å². The molecular formula is C20H34N2O. The van der Waals surface area contributed by atoms with Gasteiger partial charge in [0.1, 0.15) is 5.75 Å². The number of hydrogen-bond acceptors (Lipinski definition) is 3. The quantitative estimate of drug-likeness (QED) is 0.832. The average Bonchev–Trinajstić information content (AvgIpc) is 2.74. The van der Waals surface area contributed by atoms with E-state index in [0.29, 0.717) is 5.92 Å². The van der Waals surface area contributed by atoms with Crippen LogP contribution in [0.15, 0.2) is 12.1 Å². The smallest absolute Gasteiger partial charge is 0.125 e. The van der Waals surface area contributed by atoms with Gasteiger partial charge in [0, 0.05) is 13.1 Å². The van der Waals surface area contributed by atoms with Crippen molar-refractivity contribution in [1.82, 2.24) is 10.2 Å². The maximum Gasteiger partial charge on any atom is 0.125 e. The highest BCUT2D eigenvalue weighted by Gasteiger charge is 2.12. The minimum absolute atomic E-state index is 0.563. The van der Waals surface area contributed by atoms with Crippen LogP contribution in [0.4, 0.5) is 0 Å². The molecule has 0 amide bonds. The van der Waals surface area contributed by atoms with Crippen molar-refractivity contribution in [3.8, 4) is 5.75 Å². The maximum atomic E-state index is 6.12. The Morgan fingerprint density at radius 1 is 1.17 bits per heavy atom. The Labute approximate surface area is 142 Å². The summed E-state index contributed by atoms with van der Waals surface area (Å²) in [6.45, 7) is 15.5. The molecule has 1 N–H and O–H groups in total. The molecule has 2 rings (SSSR count). The van der Waals surface area contributed by atoms with Crippen LogP contribution in [-0.2, 0) is 6.42 Å². The Morgan fingerprint density at radius 2 is 2.00 bits per heavy atom. The number of nitrogens with zero attached hydrogens (tertiary/aromatic N) is 1. The lowest BCUT2D eigenvalue weighted by molar-refractivity contribution is 0.264. The van der Waals surface area contributed by atoms with Gasteiger partial charge in [-0.1, -0.05) is 31.5 Å². The summed E-state index contributed by atoms with van der Waals surface area (Å²) in [5, 5.41) is 3.47. The van der Waals surface area contributed by atoms with Crippen LogP contribution in [-0.4, -0.2) is 44.2 Å². The molecule has 0 aliphatic carbocycles. The number of hydrogen-bond donors (Lipinski definition) is 1. The summed E-state index contributed by atoms with van der Waals surface area (Å²) >= 11 is 0. The molecule has 0 atom stereocenters. The summed E-state index contributed by atoms with van der Waals surface area (Å²) in [6, 6.07) is 4.55. The number of aryl methyl sites for hydroxylation is 3. The van der Waals surface area contributed by atoms with Crippen molar-refractivity contribution >= 4 is 0 Å². The van der Waals surface area contributed by atoms with E-state index < -0.39 is 0 Å². The van der Waals surface area contributed by atoms with Crippen LogP contribution in [0.1, 0.15) is 43.4 Å². The van der Waals surface area contributed by atoms with E-state index >= 15 is 0 Å². The summed E-state index contributed by atoms with van der Waals surface area (Å²) in [7, 11) is 0. The molecule has 1 aromatic carbocycles. The van der Waals surface area contributed by atoms with Gasteiger partial charge in [0.15, 0.2) is 0 Å². The SMILES string of the molecule is Cc1cc(C)c(OCC(C)C)c(CCCN2CCCNCC2)c1. The summed E-state index contributed by atoms with van der Waals surface area (Å²) < 4.78 is 6.12. The standard InChI is InChI=1S/C20H34N2O/c1-16(2)15-23-20-18(4)13-17(3)14-19(20)7-5-10-22-11-6-8-21-9-12-22/h13-14,16,21H,5-12,15H2,1-4H3. The average molecular weight is 319 g/mol. The fourth-order valence-corrected chi connectivity index (χ4v) is 3.30. The third kappa shape index (κ3) is 6.15. The lowest BCUT2D eigenvalue weighted by Gasteiger charge is -2.20. The van der Waals surface area contributed by atoms with Gasteiger partial charge >= 0.3 is 0 Å². The van der Waals surface area contributed by atoms with E-state index in [2.05, 4.69) is 50.0 Å². The van der Waals surface area contributed by atoms with Crippen molar-refractivity contribution in [2.24, 2.45) is 5.92 Å². The summed E-state index contributed by atoms with van der Waals surface area (Å²) in [5.41, 5.74) is 4.00. The topological polar surface area (TPSA) is 24.5 Å². The Morgan fingerprint density at radius 3 is 2.78 bits per heavy atom.